The highest BCUT2D eigenvalue weighted by Gasteiger charge is 2.25. The van der Waals surface area contributed by atoms with Crippen molar-refractivity contribution in [2.45, 2.75) is 53.2 Å². The minimum atomic E-state index is 0.0612. The molecule has 1 aliphatic rings. The first kappa shape index (κ1) is 23.1. The Kier molecular flexibility index (Phi) is 8.29. The maximum atomic E-state index is 12.0. The van der Waals surface area contributed by atoms with Crippen molar-refractivity contribution >= 4 is 5.96 Å². The number of hydrogen-bond donors (Lipinski definition) is 1. The molecule has 1 saturated heterocycles. The van der Waals surface area contributed by atoms with E-state index in [1.807, 2.05) is 23.6 Å². The number of rotatable bonds is 7. The Bertz CT molecular complexity index is 951. The topological polar surface area (TPSA) is 58.9 Å². The fourth-order valence-corrected chi connectivity index (χ4v) is 4.12. The third kappa shape index (κ3) is 6.20. The molecule has 0 radical (unpaired) electrons. The van der Waals surface area contributed by atoms with Gasteiger partial charge in [-0.3, -0.25) is 9.79 Å². The van der Waals surface area contributed by atoms with Crippen molar-refractivity contribution < 1.29 is 4.74 Å². The minimum Gasteiger partial charge on any atom is -0.370 e. The average molecular weight is 425 g/mol. The Hall–Kier alpha value is -2.60. The van der Waals surface area contributed by atoms with Gasteiger partial charge in [-0.1, -0.05) is 29.8 Å². The number of nitrogens with zero attached hydrogens (tertiary/aromatic N) is 3. The molecule has 1 aromatic carbocycles. The molecular weight excluding hydrogens is 388 g/mol. The molecule has 0 amide bonds. The molecule has 6 heteroatoms. The molecule has 0 saturated carbocycles. The maximum absolute atomic E-state index is 12.0. The first-order valence-electron chi connectivity index (χ1n) is 11.4. The van der Waals surface area contributed by atoms with Crippen molar-refractivity contribution in [3.05, 3.63) is 69.1 Å². The Balaban J connectivity index is 1.58. The molecule has 0 bridgehead atoms. The van der Waals surface area contributed by atoms with Crippen LogP contribution in [-0.4, -0.2) is 48.2 Å². The molecule has 0 spiro atoms. The maximum Gasteiger partial charge on any atom is 0.250 e. The van der Waals surface area contributed by atoms with Gasteiger partial charge in [0.25, 0.3) is 5.56 Å². The van der Waals surface area contributed by atoms with Crippen molar-refractivity contribution in [1.82, 2.24) is 14.8 Å². The summed E-state index contributed by atoms with van der Waals surface area (Å²) in [5.74, 6) is 0.952. The Labute approximate surface area is 186 Å². The van der Waals surface area contributed by atoms with E-state index < -0.39 is 0 Å². The van der Waals surface area contributed by atoms with Gasteiger partial charge in [0.1, 0.15) is 6.10 Å². The second-order valence-corrected chi connectivity index (χ2v) is 8.27. The summed E-state index contributed by atoms with van der Waals surface area (Å²) in [5.41, 5.74) is 4.89. The van der Waals surface area contributed by atoms with E-state index in [0.717, 1.165) is 57.2 Å². The summed E-state index contributed by atoms with van der Waals surface area (Å²) >= 11 is 0. The van der Waals surface area contributed by atoms with Gasteiger partial charge in [-0.2, -0.15) is 0 Å². The van der Waals surface area contributed by atoms with Gasteiger partial charge in [0.2, 0.25) is 0 Å². The van der Waals surface area contributed by atoms with Gasteiger partial charge >= 0.3 is 0 Å². The van der Waals surface area contributed by atoms with Crippen molar-refractivity contribution in [3.63, 3.8) is 0 Å². The van der Waals surface area contributed by atoms with E-state index >= 15 is 0 Å². The highest BCUT2D eigenvalue weighted by molar-refractivity contribution is 5.80. The molecule has 2 heterocycles. The summed E-state index contributed by atoms with van der Waals surface area (Å²) < 4.78 is 7.94. The molecule has 1 unspecified atom stereocenters. The van der Waals surface area contributed by atoms with Gasteiger partial charge in [-0.05, 0) is 57.7 Å². The molecule has 168 valence electrons. The number of aryl methyl sites for hydroxylation is 3. The second-order valence-electron chi connectivity index (χ2n) is 8.27. The quantitative estimate of drug-likeness (QED) is 0.419. The number of aliphatic imine (C=N–C) groups is 1. The van der Waals surface area contributed by atoms with Crippen LogP contribution in [0.5, 0.6) is 0 Å². The van der Waals surface area contributed by atoms with Crippen LogP contribution in [0.15, 0.2) is 46.2 Å². The van der Waals surface area contributed by atoms with Crippen molar-refractivity contribution in [1.29, 1.82) is 0 Å². The van der Waals surface area contributed by atoms with E-state index in [9.17, 15) is 4.79 Å². The molecule has 0 aliphatic carbocycles. The van der Waals surface area contributed by atoms with Crippen molar-refractivity contribution in [3.8, 4) is 0 Å². The Morgan fingerprint density at radius 2 is 2.03 bits per heavy atom. The van der Waals surface area contributed by atoms with Crippen LogP contribution in [0.4, 0.5) is 0 Å². The Morgan fingerprint density at radius 1 is 1.19 bits per heavy atom. The smallest absolute Gasteiger partial charge is 0.250 e. The zero-order valence-electron chi connectivity index (χ0n) is 19.4. The minimum absolute atomic E-state index is 0.0612. The van der Waals surface area contributed by atoms with Crippen LogP contribution < -0.4 is 10.9 Å². The van der Waals surface area contributed by atoms with E-state index in [2.05, 4.69) is 49.2 Å². The molecule has 6 nitrogen and oxygen atoms in total. The lowest BCUT2D eigenvalue weighted by atomic mass is 10.00. The molecule has 2 aromatic rings. The van der Waals surface area contributed by atoms with Gasteiger partial charge < -0.3 is 19.5 Å². The summed E-state index contributed by atoms with van der Waals surface area (Å²) in [6.45, 7) is 13.0. The van der Waals surface area contributed by atoms with Crippen LogP contribution in [0.25, 0.3) is 0 Å². The first-order valence-corrected chi connectivity index (χ1v) is 11.4. The van der Waals surface area contributed by atoms with Crippen LogP contribution >= 0.6 is 0 Å². The number of unbranched alkanes of at least 4 members (excludes halogenated alkanes) is 1. The zero-order valence-corrected chi connectivity index (χ0v) is 19.4. The second kappa shape index (κ2) is 11.1. The van der Waals surface area contributed by atoms with Gasteiger partial charge in [0.15, 0.2) is 5.96 Å². The number of aromatic nitrogens is 1. The van der Waals surface area contributed by atoms with Crippen LogP contribution in [0.1, 0.15) is 48.3 Å². The van der Waals surface area contributed by atoms with E-state index in [-0.39, 0.29) is 11.7 Å². The molecule has 1 fully saturated rings. The van der Waals surface area contributed by atoms with Crippen LogP contribution in [0.3, 0.4) is 0 Å². The highest BCUT2D eigenvalue weighted by Crippen LogP contribution is 2.26. The number of pyridine rings is 1. The van der Waals surface area contributed by atoms with Crippen LogP contribution in [0, 0.1) is 20.8 Å². The monoisotopic (exact) mass is 424 g/mol. The molecular formula is C25H36N4O2. The lowest BCUT2D eigenvalue weighted by molar-refractivity contribution is -0.00833. The number of benzene rings is 1. The molecule has 1 aromatic heterocycles. The van der Waals surface area contributed by atoms with Gasteiger partial charge in [-0.25, -0.2) is 0 Å². The normalized spacial score (nSPS) is 17.1. The molecule has 31 heavy (non-hydrogen) atoms. The van der Waals surface area contributed by atoms with E-state index in [4.69, 9.17) is 9.73 Å². The van der Waals surface area contributed by atoms with Crippen molar-refractivity contribution in [2.75, 3.05) is 32.8 Å². The molecule has 1 atom stereocenters. The number of ether oxygens (including phenoxy) is 1. The number of hydrogen-bond acceptors (Lipinski definition) is 3. The number of nitrogens with one attached hydrogen (secondary N) is 1. The average Bonchev–Trinajstić information content (AvgIpc) is 2.74. The predicted molar refractivity (Wildman–Crippen MR) is 127 cm³/mol. The highest BCUT2D eigenvalue weighted by atomic mass is 16.5. The third-order valence-electron chi connectivity index (χ3n) is 5.79. The van der Waals surface area contributed by atoms with E-state index in [1.165, 1.54) is 16.7 Å². The Morgan fingerprint density at radius 3 is 2.77 bits per heavy atom. The van der Waals surface area contributed by atoms with Crippen molar-refractivity contribution in [2.24, 2.45) is 4.99 Å². The summed E-state index contributed by atoms with van der Waals surface area (Å²) in [4.78, 5) is 19.2. The molecule has 1 N–H and O–H groups in total. The standard InChI is InChI=1S/C25H36N4O2/c1-5-26-25(27-13-6-7-14-29-21(4)9-8-10-24(29)30)28-15-16-31-23(18-28)22-12-11-19(2)17-20(22)3/h8-12,17,23H,5-7,13-16,18H2,1-4H3,(H,26,27). The van der Waals surface area contributed by atoms with Crippen LogP contribution in [-0.2, 0) is 11.3 Å². The van der Waals surface area contributed by atoms with Gasteiger partial charge in [0.05, 0.1) is 13.2 Å². The van der Waals surface area contributed by atoms with Gasteiger partial charge in [0, 0.05) is 37.9 Å². The van der Waals surface area contributed by atoms with E-state index in [1.54, 1.807) is 6.07 Å². The summed E-state index contributed by atoms with van der Waals surface area (Å²) in [5, 5.41) is 3.44. The molecule has 1 aliphatic heterocycles. The fraction of sp³-hybridized carbons (Fsp3) is 0.520. The van der Waals surface area contributed by atoms with Crippen LogP contribution in [0.2, 0.25) is 0 Å². The SMILES string of the molecule is CCNC(=NCCCCn1c(C)cccc1=O)N1CCOC(c2ccc(C)cc2C)C1. The molecule has 3 rings (SSSR count). The fourth-order valence-electron chi connectivity index (χ4n) is 4.12. The summed E-state index contributed by atoms with van der Waals surface area (Å²) in [7, 11) is 0. The zero-order chi connectivity index (χ0) is 22.2. The lowest BCUT2D eigenvalue weighted by Crippen LogP contribution is -2.48. The van der Waals surface area contributed by atoms with E-state index in [0.29, 0.717) is 6.61 Å². The largest absolute Gasteiger partial charge is 0.370 e. The number of guanidine groups is 1. The lowest BCUT2D eigenvalue weighted by Gasteiger charge is -2.36. The summed E-state index contributed by atoms with van der Waals surface area (Å²) in [6, 6.07) is 12.0. The van der Waals surface area contributed by atoms with Gasteiger partial charge in [-0.15, -0.1) is 0 Å². The third-order valence-corrected chi connectivity index (χ3v) is 5.79. The number of morpholine rings is 1. The first-order chi connectivity index (χ1) is 15.0. The predicted octanol–water partition coefficient (Wildman–Crippen LogP) is 3.59. The summed E-state index contributed by atoms with van der Waals surface area (Å²) in [6.07, 6.45) is 1.94.